The fourth-order valence-corrected chi connectivity index (χ4v) is 4.59. The van der Waals surface area contributed by atoms with Gasteiger partial charge in [-0.2, -0.15) is 0 Å². The maximum atomic E-state index is 12.4. The molecule has 150 valence electrons. The molecule has 2 amide bonds. The molecule has 0 radical (unpaired) electrons. The van der Waals surface area contributed by atoms with Gasteiger partial charge in [-0.15, -0.1) is 11.8 Å². The van der Waals surface area contributed by atoms with Crippen LogP contribution in [0.2, 0.25) is 5.02 Å². The molecular weight excluding hydrogens is 420 g/mol. The average Bonchev–Trinajstić information content (AvgIpc) is 3.09. The monoisotopic (exact) mass is 440 g/mol. The lowest BCUT2D eigenvalue weighted by atomic mass is 10.2. The lowest BCUT2D eigenvalue weighted by molar-refractivity contribution is -0.119. The molecule has 1 aromatic heterocycles. The Morgan fingerprint density at radius 1 is 1.32 bits per heavy atom. The highest BCUT2D eigenvalue weighted by molar-refractivity contribution is 7.99. The Morgan fingerprint density at radius 3 is 2.86 bits per heavy atom. The Labute approximate surface area is 176 Å². The number of morpholine rings is 1. The highest BCUT2D eigenvalue weighted by Gasteiger charge is 2.20. The van der Waals surface area contributed by atoms with Crippen LogP contribution in [0.4, 0.5) is 5.13 Å². The number of carbonyl (C=O) groups is 2. The maximum Gasteiger partial charge on any atom is 0.281 e. The minimum Gasteiger partial charge on any atom is -0.378 e. The third kappa shape index (κ3) is 5.84. The molecule has 1 aliphatic heterocycles. The standard InChI is InChI=1S/C18H21ClN4O3S2/c1-12-16(28-18(20-12)23-5-7-26-8-6-23)17(25)22-21-15(24)11-27-10-13-3-2-4-14(19)9-13/h2-4,9H,5-8,10-11H2,1H3,(H,21,24)(H,22,25). The van der Waals surface area contributed by atoms with Crippen molar-refractivity contribution in [2.24, 2.45) is 0 Å². The molecule has 2 aromatic rings. The van der Waals surface area contributed by atoms with Crippen LogP contribution >= 0.6 is 34.7 Å². The molecule has 2 N–H and O–H groups in total. The van der Waals surface area contributed by atoms with Crippen molar-refractivity contribution in [3.63, 3.8) is 0 Å². The first-order valence-electron chi connectivity index (χ1n) is 8.74. The van der Waals surface area contributed by atoms with Crippen LogP contribution in [0.25, 0.3) is 0 Å². The van der Waals surface area contributed by atoms with Gasteiger partial charge >= 0.3 is 0 Å². The number of amides is 2. The largest absolute Gasteiger partial charge is 0.378 e. The van der Waals surface area contributed by atoms with Gasteiger partial charge in [0.2, 0.25) is 5.91 Å². The zero-order chi connectivity index (χ0) is 19.9. The van der Waals surface area contributed by atoms with Gasteiger partial charge in [0.25, 0.3) is 5.91 Å². The Morgan fingerprint density at radius 2 is 2.11 bits per heavy atom. The molecule has 10 heteroatoms. The zero-order valence-electron chi connectivity index (χ0n) is 15.4. The van der Waals surface area contributed by atoms with E-state index in [-0.39, 0.29) is 17.6 Å². The molecule has 2 heterocycles. The number of nitrogens with zero attached hydrogens (tertiary/aromatic N) is 2. The van der Waals surface area contributed by atoms with Gasteiger partial charge in [0.1, 0.15) is 4.88 Å². The van der Waals surface area contributed by atoms with Gasteiger partial charge in [-0.3, -0.25) is 20.4 Å². The minimum atomic E-state index is -0.359. The van der Waals surface area contributed by atoms with Crippen molar-refractivity contribution in [2.75, 3.05) is 37.0 Å². The van der Waals surface area contributed by atoms with E-state index in [1.165, 1.54) is 23.1 Å². The summed E-state index contributed by atoms with van der Waals surface area (Å²) in [5.74, 6) is 0.269. The Hall–Kier alpha value is -1.81. The zero-order valence-corrected chi connectivity index (χ0v) is 17.8. The van der Waals surface area contributed by atoms with Gasteiger partial charge in [0.15, 0.2) is 5.13 Å². The Bertz CT molecular complexity index is 840. The van der Waals surface area contributed by atoms with Gasteiger partial charge in [0, 0.05) is 23.9 Å². The van der Waals surface area contributed by atoms with Crippen LogP contribution in [0.3, 0.4) is 0 Å². The third-order valence-corrected chi connectivity index (χ3v) is 6.44. The normalized spacial score (nSPS) is 14.0. The van der Waals surface area contributed by atoms with Crippen LogP contribution in [0.5, 0.6) is 0 Å². The van der Waals surface area contributed by atoms with Crippen LogP contribution in [0.15, 0.2) is 24.3 Å². The lowest BCUT2D eigenvalue weighted by Crippen LogP contribution is -2.42. The molecule has 1 aliphatic rings. The van der Waals surface area contributed by atoms with Gasteiger partial charge in [0.05, 0.1) is 24.7 Å². The summed E-state index contributed by atoms with van der Waals surface area (Å²) >= 11 is 8.71. The predicted molar refractivity (Wildman–Crippen MR) is 113 cm³/mol. The van der Waals surface area contributed by atoms with E-state index in [0.29, 0.717) is 34.6 Å². The van der Waals surface area contributed by atoms with Gasteiger partial charge in [-0.25, -0.2) is 4.98 Å². The quantitative estimate of drug-likeness (QED) is 0.672. The van der Waals surface area contributed by atoms with E-state index in [9.17, 15) is 9.59 Å². The van der Waals surface area contributed by atoms with E-state index in [0.717, 1.165) is 23.8 Å². The molecule has 0 saturated carbocycles. The highest BCUT2D eigenvalue weighted by atomic mass is 35.5. The summed E-state index contributed by atoms with van der Waals surface area (Å²) < 4.78 is 5.34. The van der Waals surface area contributed by atoms with Crippen molar-refractivity contribution in [2.45, 2.75) is 12.7 Å². The molecule has 0 spiro atoms. The SMILES string of the molecule is Cc1nc(N2CCOCC2)sc1C(=O)NNC(=O)CSCc1cccc(Cl)c1. The molecule has 0 atom stereocenters. The van der Waals surface area contributed by atoms with Crippen molar-refractivity contribution in [3.8, 4) is 0 Å². The second kappa shape index (κ2) is 10.1. The van der Waals surface area contributed by atoms with Gasteiger partial charge in [-0.05, 0) is 24.6 Å². The number of hydrogen-bond acceptors (Lipinski definition) is 7. The average molecular weight is 441 g/mol. The molecular formula is C18H21ClN4O3S2. The fraction of sp³-hybridized carbons (Fsp3) is 0.389. The van der Waals surface area contributed by atoms with Crippen molar-refractivity contribution in [1.82, 2.24) is 15.8 Å². The molecule has 1 aromatic carbocycles. The second-order valence-electron chi connectivity index (χ2n) is 6.14. The van der Waals surface area contributed by atoms with E-state index < -0.39 is 0 Å². The number of anilines is 1. The molecule has 28 heavy (non-hydrogen) atoms. The number of thiazole rings is 1. The number of hydrogen-bond donors (Lipinski definition) is 2. The Balaban J connectivity index is 1.44. The molecule has 0 bridgehead atoms. The summed E-state index contributed by atoms with van der Waals surface area (Å²) in [5.41, 5.74) is 6.62. The van der Waals surface area contributed by atoms with Crippen molar-refractivity contribution in [3.05, 3.63) is 45.4 Å². The summed E-state index contributed by atoms with van der Waals surface area (Å²) in [5, 5.41) is 1.47. The smallest absolute Gasteiger partial charge is 0.281 e. The number of benzene rings is 1. The first-order valence-corrected chi connectivity index (χ1v) is 11.1. The topological polar surface area (TPSA) is 83.6 Å². The van der Waals surface area contributed by atoms with Crippen molar-refractivity contribution in [1.29, 1.82) is 0 Å². The van der Waals surface area contributed by atoms with E-state index in [1.807, 2.05) is 24.3 Å². The lowest BCUT2D eigenvalue weighted by Gasteiger charge is -2.25. The first-order chi connectivity index (χ1) is 13.5. The van der Waals surface area contributed by atoms with E-state index >= 15 is 0 Å². The number of halogens is 1. The highest BCUT2D eigenvalue weighted by Crippen LogP contribution is 2.26. The second-order valence-corrected chi connectivity index (χ2v) is 8.53. The number of ether oxygens (including phenoxy) is 1. The first kappa shape index (κ1) is 20.9. The molecule has 0 aliphatic carbocycles. The maximum absolute atomic E-state index is 12.4. The molecule has 1 saturated heterocycles. The summed E-state index contributed by atoms with van der Waals surface area (Å²) in [7, 11) is 0. The van der Waals surface area contributed by atoms with Crippen LogP contribution in [0, 0.1) is 6.92 Å². The molecule has 7 nitrogen and oxygen atoms in total. The minimum absolute atomic E-state index is 0.230. The predicted octanol–water partition coefficient (Wildman–Crippen LogP) is 2.64. The van der Waals surface area contributed by atoms with Gasteiger partial charge < -0.3 is 9.64 Å². The fourth-order valence-electron chi connectivity index (χ4n) is 2.59. The third-order valence-electron chi connectivity index (χ3n) is 3.98. The number of aromatic nitrogens is 1. The number of rotatable bonds is 6. The summed E-state index contributed by atoms with van der Waals surface area (Å²) in [6, 6.07) is 7.51. The van der Waals surface area contributed by atoms with E-state index in [2.05, 4.69) is 20.7 Å². The number of thioether (sulfide) groups is 1. The van der Waals surface area contributed by atoms with Crippen molar-refractivity contribution >= 4 is 51.6 Å². The number of aryl methyl sites for hydroxylation is 1. The van der Waals surface area contributed by atoms with Crippen LogP contribution in [-0.4, -0.2) is 48.9 Å². The van der Waals surface area contributed by atoms with E-state index in [1.54, 1.807) is 6.92 Å². The number of carbonyl (C=O) groups excluding carboxylic acids is 2. The summed E-state index contributed by atoms with van der Waals surface area (Å²) in [4.78, 5) is 31.4. The summed E-state index contributed by atoms with van der Waals surface area (Å²) in [6.45, 7) is 4.62. The molecule has 0 unspecified atom stereocenters. The van der Waals surface area contributed by atoms with Crippen LogP contribution in [-0.2, 0) is 15.3 Å². The Kier molecular flexibility index (Phi) is 7.55. The van der Waals surface area contributed by atoms with Crippen LogP contribution in [0.1, 0.15) is 20.9 Å². The van der Waals surface area contributed by atoms with E-state index in [4.69, 9.17) is 16.3 Å². The number of nitrogens with one attached hydrogen (secondary N) is 2. The van der Waals surface area contributed by atoms with Gasteiger partial charge in [-0.1, -0.05) is 35.1 Å². The van der Waals surface area contributed by atoms with Crippen LogP contribution < -0.4 is 15.8 Å². The van der Waals surface area contributed by atoms with Crippen molar-refractivity contribution < 1.29 is 14.3 Å². The molecule has 1 fully saturated rings. The summed E-state index contributed by atoms with van der Waals surface area (Å²) in [6.07, 6.45) is 0. The number of hydrazine groups is 1. The molecule has 3 rings (SSSR count).